The predicted octanol–water partition coefficient (Wildman–Crippen LogP) is -3.11. The summed E-state index contributed by atoms with van der Waals surface area (Å²) in [6.45, 7) is 8.39. The molecule has 24 N–H and O–H groups in total. The molecular formula is C63H101N17O14. The number of aliphatic imine (C=N–C) groups is 1. The number of para-hydroxylation sites is 1. The van der Waals surface area contributed by atoms with Crippen molar-refractivity contribution in [1.29, 1.82) is 0 Å². The Kier molecular flexibility index (Phi) is 35.3. The van der Waals surface area contributed by atoms with E-state index in [0.29, 0.717) is 54.1 Å². The Morgan fingerprint density at radius 1 is 0.532 bits per heavy atom. The molecule has 0 saturated heterocycles. The fourth-order valence-corrected chi connectivity index (χ4v) is 9.85. The zero-order valence-corrected chi connectivity index (χ0v) is 54.7. The normalized spacial score (nSPS) is 14.8. The lowest BCUT2D eigenvalue weighted by molar-refractivity contribution is -0.143. The molecule has 0 spiro atoms. The van der Waals surface area contributed by atoms with E-state index in [1.54, 1.807) is 102 Å². The number of carbonyl (C=O) groups excluding carboxylic acids is 10. The number of fused-ring (bicyclic) bond motifs is 1. The largest absolute Gasteiger partial charge is 0.480 e. The number of guanidine groups is 1. The van der Waals surface area contributed by atoms with E-state index in [2.05, 4.69) is 63.1 Å². The van der Waals surface area contributed by atoms with Gasteiger partial charge in [-0.1, -0.05) is 96.5 Å². The van der Waals surface area contributed by atoms with E-state index in [0.717, 1.165) is 0 Å². The number of amides is 10. The number of carboxylic acid groups (broad SMARTS) is 1. The number of aliphatic carboxylic acids is 1. The first-order chi connectivity index (χ1) is 44.7. The summed E-state index contributed by atoms with van der Waals surface area (Å²) in [5, 5.41) is 55.8. The third-order valence-electron chi connectivity index (χ3n) is 15.6. The van der Waals surface area contributed by atoms with Gasteiger partial charge in [0.15, 0.2) is 5.96 Å². The number of aromatic nitrogens is 1. The van der Waals surface area contributed by atoms with Crippen molar-refractivity contribution in [3.63, 3.8) is 0 Å². The smallest absolute Gasteiger partial charge is 0.328 e. The van der Waals surface area contributed by atoms with Crippen LogP contribution in [0.15, 0.2) is 65.8 Å². The van der Waals surface area contributed by atoms with Gasteiger partial charge in [0.1, 0.15) is 54.4 Å². The Morgan fingerprint density at radius 3 is 1.53 bits per heavy atom. The van der Waals surface area contributed by atoms with Gasteiger partial charge in [-0.15, -0.1) is 0 Å². The Bertz CT molecular complexity index is 2980. The Morgan fingerprint density at radius 2 is 1.01 bits per heavy atom. The molecule has 0 aliphatic carbocycles. The Hall–Kier alpha value is -8.78. The number of H-pyrrole nitrogens is 1. The lowest BCUT2D eigenvalue weighted by Crippen LogP contribution is -2.61. The summed E-state index contributed by atoms with van der Waals surface area (Å²) >= 11 is 0. The number of carboxylic acids is 1. The molecule has 0 radical (unpaired) electrons. The van der Waals surface area contributed by atoms with Crippen molar-refractivity contribution in [3.8, 4) is 0 Å². The number of benzene rings is 2. The minimum Gasteiger partial charge on any atom is -0.480 e. The number of unbranched alkanes of at least 4 members (excludes halogenated alkanes) is 2. The van der Waals surface area contributed by atoms with Crippen molar-refractivity contribution in [2.75, 3.05) is 39.4 Å². The summed E-state index contributed by atoms with van der Waals surface area (Å²) in [7, 11) is 0. The van der Waals surface area contributed by atoms with Crippen molar-refractivity contribution >= 4 is 81.9 Å². The quantitative estimate of drug-likeness (QED) is 0.0151. The fourth-order valence-electron chi connectivity index (χ4n) is 9.85. The lowest BCUT2D eigenvalue weighted by Gasteiger charge is -2.29. The summed E-state index contributed by atoms with van der Waals surface area (Å²) in [6, 6.07) is 2.11. The number of hydrogen-bond donors (Lipinski definition) is 19. The van der Waals surface area contributed by atoms with Gasteiger partial charge in [-0.25, -0.2) is 4.79 Å². The van der Waals surface area contributed by atoms with E-state index in [9.17, 15) is 68.1 Å². The second-order valence-electron chi connectivity index (χ2n) is 24.0. The summed E-state index contributed by atoms with van der Waals surface area (Å²) < 4.78 is 0. The van der Waals surface area contributed by atoms with Crippen LogP contribution in [0.1, 0.15) is 117 Å². The van der Waals surface area contributed by atoms with Gasteiger partial charge >= 0.3 is 5.97 Å². The highest BCUT2D eigenvalue weighted by atomic mass is 16.4. The van der Waals surface area contributed by atoms with Crippen molar-refractivity contribution in [2.45, 2.75) is 179 Å². The van der Waals surface area contributed by atoms with Gasteiger partial charge in [0.25, 0.3) is 0 Å². The molecule has 0 aliphatic rings. The molecule has 0 aliphatic heterocycles. The number of aliphatic hydroxyl groups excluding tert-OH is 2. The van der Waals surface area contributed by atoms with E-state index in [4.69, 9.17) is 28.7 Å². The molecule has 94 heavy (non-hydrogen) atoms. The van der Waals surface area contributed by atoms with E-state index in [1.807, 2.05) is 0 Å². The maximum atomic E-state index is 14.8. The predicted molar refractivity (Wildman–Crippen MR) is 352 cm³/mol. The highest BCUT2D eigenvalue weighted by Crippen LogP contribution is 2.20. The molecule has 0 bridgehead atoms. The number of aliphatic hydroxyl groups is 2. The van der Waals surface area contributed by atoms with Gasteiger partial charge in [0, 0.05) is 36.5 Å². The molecule has 0 unspecified atom stereocenters. The van der Waals surface area contributed by atoms with Crippen LogP contribution >= 0.6 is 0 Å². The summed E-state index contributed by atoms with van der Waals surface area (Å²) in [5.41, 5.74) is 30.7. The first-order valence-corrected chi connectivity index (χ1v) is 31.9. The van der Waals surface area contributed by atoms with Crippen LogP contribution < -0.4 is 81.8 Å². The van der Waals surface area contributed by atoms with Crippen LogP contribution in [0.2, 0.25) is 0 Å². The maximum absolute atomic E-state index is 14.8. The molecule has 31 heteroatoms. The Balaban J connectivity index is 2.01. The third kappa shape index (κ3) is 27.4. The molecule has 1 aromatic heterocycles. The van der Waals surface area contributed by atoms with Gasteiger partial charge in [-0.2, -0.15) is 0 Å². The van der Waals surface area contributed by atoms with Gasteiger partial charge in [0.05, 0.1) is 25.8 Å². The van der Waals surface area contributed by atoms with Gasteiger partial charge in [-0.3, -0.25) is 52.9 Å². The highest BCUT2D eigenvalue weighted by molar-refractivity contribution is 5.99. The molecule has 31 nitrogen and oxygen atoms in total. The standard InChI is InChI=1S/C63H101N17O14/c1-7-37(6)52(61(92)79-49(34-82)62(93)94)80-56(87)43(23-14-16-26-65)73-54(85)42(22-13-15-25-64)74-58(89)46(29-38-18-9-8-10-19-38)77-57(88)45(28-35(2)3)76-55(86)44(24-17-27-69-63(67)68)75-59(90)47(30-39-31-70-41-21-12-11-20-40(39)41)72-50(83)32-71-53(84)48(33-81)78-60(91)51(66)36(4)5/h8-12,18-21,31,35-37,42-49,51-52,70,81-82H,7,13-17,22-30,32-34,64-66H2,1-6H3,(H,71,84)(H,72,83)(H,73,85)(H,74,89)(H,75,90)(H,76,86)(H,77,88)(H,78,91)(H,79,92)(H,80,87)(H,93,94)(H4,67,68,69)/t37-,42-,43-,44-,45-,46-,47-,48-,49-,51-,52-/m0/s1. The zero-order valence-electron chi connectivity index (χ0n) is 54.7. The fraction of sp³-hybridized carbons (Fsp3) is 0.587. The Labute approximate surface area is 548 Å². The minimum atomic E-state index is -1.66. The van der Waals surface area contributed by atoms with Gasteiger partial charge in [-0.05, 0) is 106 Å². The molecular weight excluding hydrogens is 1220 g/mol. The molecule has 11 atom stereocenters. The second kappa shape index (κ2) is 41.7. The molecule has 3 aromatic rings. The number of nitrogens with two attached hydrogens (primary N) is 5. The van der Waals surface area contributed by atoms with Crippen molar-refractivity contribution in [2.24, 2.45) is 51.4 Å². The van der Waals surface area contributed by atoms with E-state index < -0.39 is 151 Å². The van der Waals surface area contributed by atoms with Crippen molar-refractivity contribution in [1.82, 2.24) is 58.2 Å². The van der Waals surface area contributed by atoms with E-state index in [-0.39, 0.29) is 82.4 Å². The molecule has 10 amide bonds. The van der Waals surface area contributed by atoms with Crippen LogP contribution in [0.4, 0.5) is 0 Å². The maximum Gasteiger partial charge on any atom is 0.328 e. The van der Waals surface area contributed by atoms with Crippen LogP contribution in [-0.2, 0) is 65.6 Å². The number of rotatable bonds is 44. The lowest BCUT2D eigenvalue weighted by atomic mass is 9.97. The summed E-state index contributed by atoms with van der Waals surface area (Å²) in [5.74, 6) is -11.2. The molecule has 3 rings (SSSR count). The number of aromatic amines is 1. The molecule has 0 saturated carbocycles. The van der Waals surface area contributed by atoms with E-state index in [1.165, 1.54) is 0 Å². The second-order valence-corrected chi connectivity index (χ2v) is 24.0. The summed E-state index contributed by atoms with van der Waals surface area (Å²) in [4.78, 5) is 159. The number of hydrogen-bond acceptors (Lipinski definition) is 17. The highest BCUT2D eigenvalue weighted by Gasteiger charge is 2.37. The molecule has 2 aromatic carbocycles. The van der Waals surface area contributed by atoms with Crippen LogP contribution in [0, 0.1) is 17.8 Å². The average molecular weight is 1320 g/mol. The average Bonchev–Trinajstić information content (AvgIpc) is 1.66. The number of nitrogens with zero attached hydrogens (tertiary/aromatic N) is 1. The molecule has 0 fully saturated rings. The minimum absolute atomic E-state index is 0.00108. The molecule has 1 heterocycles. The SMILES string of the molecule is CC[C@H](C)[C@H](NC(=O)[C@H](CCCCN)NC(=O)[C@H](CCCCN)NC(=O)[C@H](Cc1ccccc1)NC(=O)[C@H](CC(C)C)NC(=O)[C@H](CCCN=C(N)N)NC(=O)[C@H](Cc1c[nH]c2ccccc12)NC(=O)CNC(=O)[C@H](CO)NC(=O)[C@@H](N)C(C)C)C(=O)N[C@@H](CO)C(=O)O. The first kappa shape index (κ1) is 79.5. The third-order valence-corrected chi connectivity index (χ3v) is 15.6. The zero-order chi connectivity index (χ0) is 70.0. The number of nitrogens with one attached hydrogen (secondary N) is 11. The van der Waals surface area contributed by atoms with Gasteiger partial charge < -0.3 is 102 Å². The first-order valence-electron chi connectivity index (χ1n) is 31.9. The van der Waals surface area contributed by atoms with E-state index >= 15 is 0 Å². The van der Waals surface area contributed by atoms with Crippen LogP contribution in [0.3, 0.4) is 0 Å². The molecule has 522 valence electrons. The topological polar surface area (TPSA) is 527 Å². The van der Waals surface area contributed by atoms with Crippen LogP contribution in [0.5, 0.6) is 0 Å². The van der Waals surface area contributed by atoms with Crippen molar-refractivity contribution < 1.29 is 68.1 Å². The monoisotopic (exact) mass is 1320 g/mol. The summed E-state index contributed by atoms with van der Waals surface area (Å²) in [6.07, 6.45) is 3.33. The van der Waals surface area contributed by atoms with Crippen LogP contribution in [0.25, 0.3) is 10.9 Å². The number of carbonyl (C=O) groups is 11. The van der Waals surface area contributed by atoms with Crippen LogP contribution in [-0.4, -0.2) is 191 Å². The van der Waals surface area contributed by atoms with Gasteiger partial charge in [0.2, 0.25) is 59.1 Å². The van der Waals surface area contributed by atoms with Crippen molar-refractivity contribution in [3.05, 3.63) is 71.9 Å².